The molecule has 7 nitrogen and oxygen atoms in total. The van der Waals surface area contributed by atoms with Crippen molar-refractivity contribution in [2.75, 3.05) is 38.7 Å². The lowest BCUT2D eigenvalue weighted by molar-refractivity contribution is 0.0950. The van der Waals surface area contributed by atoms with Gasteiger partial charge in [-0.15, -0.1) is 0 Å². The van der Waals surface area contributed by atoms with Crippen molar-refractivity contribution >= 4 is 32.6 Å². The van der Waals surface area contributed by atoms with Gasteiger partial charge in [0.2, 0.25) is 5.76 Å². The monoisotopic (exact) mass is 388 g/mol. The molecule has 0 saturated heterocycles. The molecule has 8 heteroatoms. The number of aromatic nitrogens is 2. The fraction of sp³-hybridized carbons (Fsp3) is 0.421. The standard InChI is InChI=1S/C19H24N4O3S/c1-5-25-14-7-8-15-17(12-14)27-19(20-15)23(10-6-9-22(3)4)18(24)16-11-13(2)21-26-16/h7-8,11-12H,5-6,9-10H2,1-4H3. The van der Waals surface area contributed by atoms with Gasteiger partial charge >= 0.3 is 0 Å². The maximum atomic E-state index is 13.0. The first-order valence-corrected chi connectivity index (χ1v) is 9.73. The fourth-order valence-corrected chi connectivity index (χ4v) is 3.71. The predicted octanol–water partition coefficient (Wildman–Crippen LogP) is 3.59. The van der Waals surface area contributed by atoms with Gasteiger partial charge in [-0.3, -0.25) is 9.69 Å². The van der Waals surface area contributed by atoms with E-state index in [0.29, 0.717) is 24.0 Å². The largest absolute Gasteiger partial charge is 0.494 e. The topological polar surface area (TPSA) is 71.7 Å². The van der Waals surface area contributed by atoms with Crippen LogP contribution in [0, 0.1) is 6.92 Å². The van der Waals surface area contributed by atoms with Crippen molar-refractivity contribution < 1.29 is 14.1 Å². The van der Waals surface area contributed by atoms with E-state index in [9.17, 15) is 4.79 Å². The van der Waals surface area contributed by atoms with Crippen LogP contribution in [0.15, 0.2) is 28.8 Å². The maximum absolute atomic E-state index is 13.0. The van der Waals surface area contributed by atoms with Gasteiger partial charge < -0.3 is 14.2 Å². The minimum atomic E-state index is -0.224. The zero-order valence-electron chi connectivity index (χ0n) is 16.1. The van der Waals surface area contributed by atoms with Crippen molar-refractivity contribution in [3.63, 3.8) is 0 Å². The van der Waals surface area contributed by atoms with Crippen molar-refractivity contribution in [3.8, 4) is 5.75 Å². The number of carbonyl (C=O) groups is 1. The highest BCUT2D eigenvalue weighted by atomic mass is 32.1. The first-order chi connectivity index (χ1) is 13.0. The number of ether oxygens (including phenoxy) is 1. The number of hydrogen-bond acceptors (Lipinski definition) is 7. The van der Waals surface area contributed by atoms with Crippen molar-refractivity contribution in [2.24, 2.45) is 0 Å². The molecule has 0 bridgehead atoms. The Labute approximate surface area is 162 Å². The Hall–Kier alpha value is -2.45. The highest BCUT2D eigenvalue weighted by Crippen LogP contribution is 2.32. The number of carbonyl (C=O) groups excluding carboxylic acids is 1. The Morgan fingerprint density at radius 2 is 2.07 bits per heavy atom. The number of aryl methyl sites for hydroxylation is 1. The van der Waals surface area contributed by atoms with Crippen LogP contribution in [-0.2, 0) is 0 Å². The third-order valence-corrected chi connectivity index (χ3v) is 5.00. The molecule has 0 spiro atoms. The van der Waals surface area contributed by atoms with Gasteiger partial charge in [0.15, 0.2) is 5.13 Å². The zero-order valence-corrected chi connectivity index (χ0v) is 16.9. The molecular weight excluding hydrogens is 364 g/mol. The lowest BCUT2D eigenvalue weighted by atomic mass is 10.3. The second-order valence-corrected chi connectivity index (χ2v) is 7.51. The number of rotatable bonds is 8. The van der Waals surface area contributed by atoms with Crippen LogP contribution >= 0.6 is 11.3 Å². The summed E-state index contributed by atoms with van der Waals surface area (Å²) in [6.07, 6.45) is 0.825. The van der Waals surface area contributed by atoms with Gasteiger partial charge in [-0.25, -0.2) is 4.98 Å². The Kier molecular flexibility index (Phi) is 6.08. The van der Waals surface area contributed by atoms with Crippen LogP contribution in [0.2, 0.25) is 0 Å². The average Bonchev–Trinajstić information content (AvgIpc) is 3.24. The molecule has 1 aromatic carbocycles. The summed E-state index contributed by atoms with van der Waals surface area (Å²) in [7, 11) is 4.03. The number of thiazole rings is 1. The van der Waals surface area contributed by atoms with Gasteiger partial charge in [-0.05, 0) is 59.1 Å². The van der Waals surface area contributed by atoms with Crippen LogP contribution in [0.5, 0.6) is 5.75 Å². The summed E-state index contributed by atoms with van der Waals surface area (Å²) in [6.45, 7) is 5.78. The number of nitrogens with zero attached hydrogens (tertiary/aromatic N) is 4. The number of benzene rings is 1. The van der Waals surface area contributed by atoms with Crippen molar-refractivity contribution in [2.45, 2.75) is 20.3 Å². The van der Waals surface area contributed by atoms with E-state index < -0.39 is 0 Å². The summed E-state index contributed by atoms with van der Waals surface area (Å²) in [6, 6.07) is 7.43. The average molecular weight is 388 g/mol. The molecule has 144 valence electrons. The van der Waals surface area contributed by atoms with Gasteiger partial charge in [-0.1, -0.05) is 16.5 Å². The van der Waals surface area contributed by atoms with E-state index >= 15 is 0 Å². The lowest BCUT2D eigenvalue weighted by Crippen LogP contribution is -2.33. The summed E-state index contributed by atoms with van der Waals surface area (Å²) >= 11 is 1.47. The predicted molar refractivity (Wildman–Crippen MR) is 107 cm³/mol. The highest BCUT2D eigenvalue weighted by Gasteiger charge is 2.24. The van der Waals surface area contributed by atoms with Crippen LogP contribution in [0.1, 0.15) is 29.6 Å². The number of hydrogen-bond donors (Lipinski definition) is 0. The normalized spacial score (nSPS) is 11.3. The van der Waals surface area contributed by atoms with Crippen molar-refractivity contribution in [3.05, 3.63) is 35.7 Å². The van der Waals surface area contributed by atoms with Crippen LogP contribution in [0.3, 0.4) is 0 Å². The van der Waals surface area contributed by atoms with E-state index in [1.165, 1.54) is 11.3 Å². The SMILES string of the molecule is CCOc1ccc2nc(N(CCCN(C)C)C(=O)c3cc(C)no3)sc2c1. The van der Waals surface area contributed by atoms with Gasteiger partial charge in [0.1, 0.15) is 5.75 Å². The molecular formula is C19H24N4O3S. The first-order valence-electron chi connectivity index (χ1n) is 8.91. The molecule has 0 fully saturated rings. The molecule has 0 saturated carbocycles. The van der Waals surface area contributed by atoms with Crippen LogP contribution < -0.4 is 9.64 Å². The maximum Gasteiger partial charge on any atom is 0.298 e. The third-order valence-electron chi connectivity index (χ3n) is 3.96. The Morgan fingerprint density at radius 3 is 2.74 bits per heavy atom. The number of amides is 1. The molecule has 1 amide bonds. The minimum Gasteiger partial charge on any atom is -0.494 e. The molecule has 3 rings (SSSR count). The van der Waals surface area contributed by atoms with Gasteiger partial charge in [0, 0.05) is 12.6 Å². The van der Waals surface area contributed by atoms with E-state index in [2.05, 4.69) is 15.0 Å². The Bertz CT molecular complexity index is 919. The van der Waals surface area contributed by atoms with Crippen LogP contribution in [0.4, 0.5) is 5.13 Å². The molecule has 0 aliphatic rings. The van der Waals surface area contributed by atoms with Crippen molar-refractivity contribution in [1.29, 1.82) is 0 Å². The summed E-state index contributed by atoms with van der Waals surface area (Å²) in [5, 5.41) is 4.48. The molecule has 2 aromatic heterocycles. The zero-order chi connectivity index (χ0) is 19.4. The van der Waals surface area contributed by atoms with Crippen LogP contribution in [-0.4, -0.2) is 54.7 Å². The van der Waals surface area contributed by atoms with E-state index in [0.717, 1.165) is 28.9 Å². The van der Waals surface area contributed by atoms with E-state index in [1.807, 2.05) is 39.2 Å². The summed E-state index contributed by atoms with van der Waals surface area (Å²) < 4.78 is 11.7. The Morgan fingerprint density at radius 1 is 1.26 bits per heavy atom. The minimum absolute atomic E-state index is 0.224. The van der Waals surface area contributed by atoms with Gasteiger partial charge in [0.05, 0.1) is 22.5 Å². The fourth-order valence-electron chi connectivity index (χ4n) is 2.69. The Balaban J connectivity index is 1.91. The molecule has 3 aromatic rings. The smallest absolute Gasteiger partial charge is 0.298 e. The molecule has 0 atom stereocenters. The molecule has 2 heterocycles. The van der Waals surface area contributed by atoms with E-state index in [1.54, 1.807) is 17.9 Å². The highest BCUT2D eigenvalue weighted by molar-refractivity contribution is 7.22. The molecule has 0 unspecified atom stereocenters. The lowest BCUT2D eigenvalue weighted by Gasteiger charge is -2.19. The van der Waals surface area contributed by atoms with Crippen LogP contribution in [0.25, 0.3) is 10.2 Å². The number of anilines is 1. The number of fused-ring (bicyclic) bond motifs is 1. The first kappa shape index (κ1) is 19.3. The second kappa shape index (κ2) is 8.49. The second-order valence-electron chi connectivity index (χ2n) is 6.51. The molecule has 0 N–H and O–H groups in total. The molecule has 0 aliphatic heterocycles. The van der Waals surface area contributed by atoms with Gasteiger partial charge in [0.25, 0.3) is 5.91 Å². The molecule has 0 radical (unpaired) electrons. The van der Waals surface area contributed by atoms with E-state index in [4.69, 9.17) is 9.26 Å². The summed E-state index contributed by atoms with van der Waals surface area (Å²) in [5.41, 5.74) is 1.52. The van der Waals surface area contributed by atoms with E-state index in [-0.39, 0.29) is 11.7 Å². The van der Waals surface area contributed by atoms with Crippen molar-refractivity contribution in [1.82, 2.24) is 15.0 Å². The van der Waals surface area contributed by atoms with Gasteiger partial charge in [-0.2, -0.15) is 0 Å². The third kappa shape index (κ3) is 4.64. The summed E-state index contributed by atoms with van der Waals surface area (Å²) in [4.78, 5) is 21.4. The quantitative estimate of drug-likeness (QED) is 0.587. The molecule has 0 aliphatic carbocycles. The molecule has 27 heavy (non-hydrogen) atoms. The summed E-state index contributed by atoms with van der Waals surface area (Å²) in [5.74, 6) is 0.807.